The Morgan fingerprint density at radius 2 is 1.71 bits per heavy atom. The third-order valence-electron chi connectivity index (χ3n) is 3.52. The van der Waals surface area contributed by atoms with Gasteiger partial charge in [-0.3, -0.25) is 4.98 Å². The Morgan fingerprint density at radius 1 is 1.00 bits per heavy atom. The molecule has 1 heterocycles. The van der Waals surface area contributed by atoms with Crippen LogP contribution in [0.25, 0.3) is 10.8 Å². The summed E-state index contributed by atoms with van der Waals surface area (Å²) >= 11 is 12.3. The van der Waals surface area contributed by atoms with Gasteiger partial charge in [0, 0.05) is 27.8 Å². The summed E-state index contributed by atoms with van der Waals surface area (Å²) in [5.74, 6) is 0. The van der Waals surface area contributed by atoms with Crippen molar-refractivity contribution in [3.63, 3.8) is 0 Å². The number of nitrogens with one attached hydrogen (secondary N) is 1. The van der Waals surface area contributed by atoms with E-state index in [1.807, 2.05) is 43.7 Å². The standard InChI is InChI=1S/C17H14Cl2N2/c1-20-17(12-6-13(18)8-14(19)7-12)16-10-21-9-11-4-2-3-5-15(11)16/h2-10,17,20H,1H3. The van der Waals surface area contributed by atoms with E-state index in [-0.39, 0.29) is 6.04 Å². The quantitative estimate of drug-likeness (QED) is 0.747. The lowest BCUT2D eigenvalue weighted by atomic mass is 9.96. The van der Waals surface area contributed by atoms with E-state index in [4.69, 9.17) is 23.2 Å². The second-order valence-corrected chi connectivity index (χ2v) is 5.75. The molecule has 21 heavy (non-hydrogen) atoms. The van der Waals surface area contributed by atoms with Crippen molar-refractivity contribution in [3.05, 3.63) is 76.0 Å². The summed E-state index contributed by atoms with van der Waals surface area (Å²) in [5.41, 5.74) is 2.13. The van der Waals surface area contributed by atoms with E-state index >= 15 is 0 Å². The van der Waals surface area contributed by atoms with Crippen molar-refractivity contribution in [2.75, 3.05) is 7.05 Å². The number of pyridine rings is 1. The van der Waals surface area contributed by atoms with E-state index in [2.05, 4.69) is 22.4 Å². The summed E-state index contributed by atoms with van der Waals surface area (Å²) in [6.45, 7) is 0. The molecule has 0 spiro atoms. The highest BCUT2D eigenvalue weighted by atomic mass is 35.5. The summed E-state index contributed by atoms with van der Waals surface area (Å²) in [6.07, 6.45) is 3.76. The normalized spacial score (nSPS) is 12.5. The first-order valence-corrected chi connectivity index (χ1v) is 7.40. The molecule has 0 aliphatic carbocycles. The van der Waals surface area contributed by atoms with Gasteiger partial charge >= 0.3 is 0 Å². The summed E-state index contributed by atoms with van der Waals surface area (Å²) in [5, 5.41) is 6.87. The molecule has 3 rings (SSSR count). The molecule has 1 N–H and O–H groups in total. The zero-order valence-electron chi connectivity index (χ0n) is 11.5. The molecule has 4 heteroatoms. The van der Waals surface area contributed by atoms with Crippen LogP contribution in [-0.4, -0.2) is 12.0 Å². The van der Waals surface area contributed by atoms with Gasteiger partial charge in [0.05, 0.1) is 6.04 Å². The van der Waals surface area contributed by atoms with Gasteiger partial charge in [-0.2, -0.15) is 0 Å². The van der Waals surface area contributed by atoms with Crippen LogP contribution in [0, 0.1) is 0 Å². The fourth-order valence-corrected chi connectivity index (χ4v) is 3.16. The predicted molar refractivity (Wildman–Crippen MR) is 89.1 cm³/mol. The summed E-state index contributed by atoms with van der Waals surface area (Å²) in [4.78, 5) is 4.35. The van der Waals surface area contributed by atoms with Crippen LogP contribution in [0.2, 0.25) is 10.0 Å². The minimum atomic E-state index is -0.0141. The monoisotopic (exact) mass is 316 g/mol. The fourth-order valence-electron chi connectivity index (χ4n) is 2.61. The van der Waals surface area contributed by atoms with Crippen LogP contribution in [0.5, 0.6) is 0 Å². The molecule has 1 unspecified atom stereocenters. The topological polar surface area (TPSA) is 24.9 Å². The van der Waals surface area contributed by atoms with E-state index in [0.717, 1.165) is 16.5 Å². The van der Waals surface area contributed by atoms with E-state index in [0.29, 0.717) is 10.0 Å². The van der Waals surface area contributed by atoms with E-state index in [9.17, 15) is 0 Å². The molecule has 1 aromatic heterocycles. The van der Waals surface area contributed by atoms with Crippen LogP contribution in [0.1, 0.15) is 17.2 Å². The van der Waals surface area contributed by atoms with Gasteiger partial charge in [0.1, 0.15) is 0 Å². The van der Waals surface area contributed by atoms with Crippen LogP contribution >= 0.6 is 23.2 Å². The Balaban J connectivity index is 2.18. The van der Waals surface area contributed by atoms with Gasteiger partial charge in [-0.15, -0.1) is 0 Å². The molecule has 3 aromatic rings. The average Bonchev–Trinajstić information content (AvgIpc) is 2.47. The number of fused-ring (bicyclic) bond motifs is 1. The van der Waals surface area contributed by atoms with E-state index in [1.54, 1.807) is 6.07 Å². The zero-order valence-corrected chi connectivity index (χ0v) is 13.0. The number of rotatable bonds is 3. The fraction of sp³-hybridized carbons (Fsp3) is 0.118. The van der Waals surface area contributed by atoms with Crippen molar-refractivity contribution in [1.82, 2.24) is 10.3 Å². The number of hydrogen-bond acceptors (Lipinski definition) is 2. The molecule has 0 amide bonds. The average molecular weight is 317 g/mol. The molecular weight excluding hydrogens is 303 g/mol. The number of hydrogen-bond donors (Lipinski definition) is 1. The first kappa shape index (κ1) is 14.3. The molecule has 2 aromatic carbocycles. The number of nitrogens with zero attached hydrogens (tertiary/aromatic N) is 1. The van der Waals surface area contributed by atoms with Crippen molar-refractivity contribution >= 4 is 34.0 Å². The highest BCUT2D eigenvalue weighted by Crippen LogP contribution is 2.31. The minimum Gasteiger partial charge on any atom is -0.309 e. The summed E-state index contributed by atoms with van der Waals surface area (Å²) < 4.78 is 0. The zero-order chi connectivity index (χ0) is 14.8. The van der Waals surface area contributed by atoms with Crippen LogP contribution in [0.4, 0.5) is 0 Å². The van der Waals surface area contributed by atoms with Crippen LogP contribution in [0.15, 0.2) is 54.9 Å². The number of aromatic nitrogens is 1. The number of benzene rings is 2. The Bertz CT molecular complexity index is 761. The predicted octanol–water partition coefficient (Wildman–Crippen LogP) is 4.85. The highest BCUT2D eigenvalue weighted by molar-refractivity contribution is 6.34. The molecule has 0 aliphatic rings. The van der Waals surface area contributed by atoms with Gasteiger partial charge in [-0.05, 0) is 41.8 Å². The van der Waals surface area contributed by atoms with Crippen molar-refractivity contribution in [3.8, 4) is 0 Å². The molecule has 0 aliphatic heterocycles. The first-order chi connectivity index (χ1) is 10.2. The first-order valence-electron chi connectivity index (χ1n) is 6.65. The highest BCUT2D eigenvalue weighted by Gasteiger charge is 2.16. The van der Waals surface area contributed by atoms with Gasteiger partial charge in [-0.1, -0.05) is 47.5 Å². The van der Waals surface area contributed by atoms with Crippen LogP contribution in [-0.2, 0) is 0 Å². The number of halogens is 2. The maximum absolute atomic E-state index is 6.13. The third-order valence-corrected chi connectivity index (χ3v) is 3.95. The van der Waals surface area contributed by atoms with Gasteiger partial charge in [-0.25, -0.2) is 0 Å². The second kappa shape index (κ2) is 6.02. The summed E-state index contributed by atoms with van der Waals surface area (Å²) in [6, 6.07) is 13.8. The molecule has 1 atom stereocenters. The largest absolute Gasteiger partial charge is 0.309 e. The minimum absolute atomic E-state index is 0.0141. The molecule has 106 valence electrons. The lowest BCUT2D eigenvalue weighted by Crippen LogP contribution is -2.18. The molecular formula is C17H14Cl2N2. The molecule has 0 radical (unpaired) electrons. The van der Waals surface area contributed by atoms with Crippen LogP contribution < -0.4 is 5.32 Å². The maximum atomic E-state index is 6.13. The summed E-state index contributed by atoms with van der Waals surface area (Å²) in [7, 11) is 1.92. The van der Waals surface area contributed by atoms with Crippen LogP contribution in [0.3, 0.4) is 0 Å². The molecule has 2 nitrogen and oxygen atoms in total. The van der Waals surface area contributed by atoms with E-state index < -0.39 is 0 Å². The molecule has 0 saturated carbocycles. The molecule has 0 saturated heterocycles. The Hall–Kier alpha value is -1.61. The van der Waals surface area contributed by atoms with Gasteiger partial charge < -0.3 is 5.32 Å². The second-order valence-electron chi connectivity index (χ2n) is 4.87. The smallest absolute Gasteiger partial charge is 0.0596 e. The Kier molecular flexibility index (Phi) is 4.11. The van der Waals surface area contributed by atoms with Gasteiger partial charge in [0.2, 0.25) is 0 Å². The van der Waals surface area contributed by atoms with E-state index in [1.165, 1.54) is 5.39 Å². The molecule has 0 fully saturated rings. The van der Waals surface area contributed by atoms with Crippen molar-refractivity contribution in [2.24, 2.45) is 0 Å². The van der Waals surface area contributed by atoms with Crippen molar-refractivity contribution in [2.45, 2.75) is 6.04 Å². The molecule has 0 bridgehead atoms. The third kappa shape index (κ3) is 2.88. The van der Waals surface area contributed by atoms with Crippen molar-refractivity contribution < 1.29 is 0 Å². The van der Waals surface area contributed by atoms with Crippen molar-refractivity contribution in [1.29, 1.82) is 0 Å². The SMILES string of the molecule is CNC(c1cc(Cl)cc(Cl)c1)c1cncc2ccccc12. The Morgan fingerprint density at radius 3 is 2.43 bits per heavy atom. The lowest BCUT2D eigenvalue weighted by molar-refractivity contribution is 0.694. The van der Waals surface area contributed by atoms with Gasteiger partial charge in [0.25, 0.3) is 0 Å². The Labute approximate surface area is 133 Å². The lowest BCUT2D eigenvalue weighted by Gasteiger charge is -2.19. The van der Waals surface area contributed by atoms with Gasteiger partial charge in [0.15, 0.2) is 0 Å². The maximum Gasteiger partial charge on any atom is 0.0596 e.